The van der Waals surface area contributed by atoms with Crippen molar-refractivity contribution in [1.82, 2.24) is 4.31 Å². The summed E-state index contributed by atoms with van der Waals surface area (Å²) in [6.07, 6.45) is -7.19. The van der Waals surface area contributed by atoms with E-state index in [-0.39, 0.29) is 28.4 Å². The number of halogens is 9. The van der Waals surface area contributed by atoms with E-state index < -0.39 is 56.8 Å². The van der Waals surface area contributed by atoms with Crippen LogP contribution >= 0.6 is 0 Å². The summed E-state index contributed by atoms with van der Waals surface area (Å²) in [7, 11) is -5.98. The Balaban J connectivity index is 0. The van der Waals surface area contributed by atoms with Gasteiger partial charge in [-0.2, -0.15) is 43.8 Å². The second-order valence-corrected chi connectivity index (χ2v) is 10.4. The van der Waals surface area contributed by atoms with E-state index in [0.29, 0.717) is 0 Å². The Morgan fingerprint density at radius 3 is 1.52 bits per heavy atom. The highest BCUT2D eigenvalue weighted by Crippen LogP contribution is 2.55. The first kappa shape index (κ1) is 34.3. The first-order valence-corrected chi connectivity index (χ1v) is 11.6. The molecule has 8 nitrogen and oxygen atoms in total. The van der Waals surface area contributed by atoms with Crippen molar-refractivity contribution >= 4 is 20.4 Å². The second-order valence-electron chi connectivity index (χ2n) is 7.34. The maximum Gasteiger partial charge on any atom is 0.460 e. The van der Waals surface area contributed by atoms with Crippen LogP contribution in [0, 0.1) is 0 Å². The van der Waals surface area contributed by atoms with Gasteiger partial charge < -0.3 is 9.04 Å². The molecular formula is C14H25F9N2O6S2. The summed E-state index contributed by atoms with van der Waals surface area (Å²) < 4.78 is 172. The van der Waals surface area contributed by atoms with E-state index >= 15 is 0 Å². The van der Waals surface area contributed by atoms with Gasteiger partial charge in [-0.05, 0) is 6.92 Å². The van der Waals surface area contributed by atoms with Crippen LogP contribution in [0.25, 0.3) is 0 Å². The van der Waals surface area contributed by atoms with E-state index in [9.17, 15) is 60.9 Å². The minimum atomic E-state index is -7.25. The smallest absolute Gasteiger partial charge is 0.460 e. The molecule has 33 heavy (non-hydrogen) atoms. The van der Waals surface area contributed by atoms with Gasteiger partial charge in [0.15, 0.2) is 0 Å². The second kappa shape index (κ2) is 11.2. The summed E-state index contributed by atoms with van der Waals surface area (Å²) in [4.78, 5) is 0. The van der Waals surface area contributed by atoms with Crippen molar-refractivity contribution in [2.45, 2.75) is 43.5 Å². The summed E-state index contributed by atoms with van der Waals surface area (Å²) in [6, 6.07) is 0. The van der Waals surface area contributed by atoms with Gasteiger partial charge >= 0.3 is 23.3 Å². The fourth-order valence-electron chi connectivity index (χ4n) is 2.00. The van der Waals surface area contributed by atoms with Crippen molar-refractivity contribution in [3.63, 3.8) is 0 Å². The number of sulfonamides is 1. The van der Waals surface area contributed by atoms with Crippen molar-refractivity contribution < 1.29 is 69.6 Å². The highest BCUT2D eigenvalue weighted by Gasteiger charge is 2.85. The fourth-order valence-corrected chi connectivity index (χ4v) is 3.77. The van der Waals surface area contributed by atoms with Crippen LogP contribution in [0.3, 0.4) is 0 Å². The molecule has 0 N–H and O–H groups in total. The zero-order chi connectivity index (χ0) is 27.3. The molecule has 0 bridgehead atoms. The maximum atomic E-state index is 13.7. The summed E-state index contributed by atoms with van der Waals surface area (Å²) >= 11 is 0. The molecule has 19 heteroatoms. The van der Waals surface area contributed by atoms with Gasteiger partial charge in [-0.15, -0.1) is 0 Å². The average molecular weight is 552 g/mol. The van der Waals surface area contributed by atoms with Crippen LogP contribution in [0.4, 0.5) is 39.5 Å². The van der Waals surface area contributed by atoms with Crippen LogP contribution in [0.15, 0.2) is 0 Å². The summed E-state index contributed by atoms with van der Waals surface area (Å²) in [5.41, 5.74) is 0. The molecular weight excluding hydrogens is 527 g/mol. The van der Waals surface area contributed by atoms with E-state index in [1.807, 2.05) is 0 Å². The van der Waals surface area contributed by atoms with E-state index in [1.54, 1.807) is 21.1 Å². The molecule has 0 aromatic carbocycles. The third-order valence-electron chi connectivity index (χ3n) is 3.63. The van der Waals surface area contributed by atoms with Crippen molar-refractivity contribution in [1.29, 1.82) is 0 Å². The number of rotatable bonds is 11. The van der Waals surface area contributed by atoms with Gasteiger partial charge in [-0.1, -0.05) is 6.92 Å². The Hall–Kier alpha value is -0.890. The summed E-state index contributed by atoms with van der Waals surface area (Å²) in [5, 5.41) is -6.67. The van der Waals surface area contributed by atoms with Crippen molar-refractivity contribution in [2.24, 2.45) is 0 Å². The Morgan fingerprint density at radius 1 is 0.848 bits per heavy atom. The van der Waals surface area contributed by atoms with Gasteiger partial charge in [0.2, 0.25) is 10.4 Å². The highest BCUT2D eigenvalue weighted by atomic mass is 32.3. The van der Waals surface area contributed by atoms with Gasteiger partial charge in [0.05, 0.1) is 34.3 Å². The molecule has 0 saturated carbocycles. The molecule has 0 aromatic rings. The zero-order valence-electron chi connectivity index (χ0n) is 18.1. The van der Waals surface area contributed by atoms with Gasteiger partial charge in [0.1, 0.15) is 0 Å². The monoisotopic (exact) mass is 552 g/mol. The Bertz CT molecular complexity index is 825. The normalized spacial score (nSPS) is 14.8. The molecule has 202 valence electrons. The van der Waals surface area contributed by atoms with Crippen LogP contribution < -0.4 is 0 Å². The van der Waals surface area contributed by atoms with Crippen molar-refractivity contribution in [2.75, 3.05) is 47.4 Å². The van der Waals surface area contributed by atoms with E-state index in [1.165, 1.54) is 6.92 Å². The maximum absolute atomic E-state index is 13.7. The molecule has 0 fully saturated rings. The topological polar surface area (TPSA) is 104 Å². The lowest BCUT2D eigenvalue weighted by molar-refractivity contribution is -0.870. The largest absolute Gasteiger partial charge is 0.726 e. The Kier molecular flexibility index (Phi) is 11.7. The number of nitrogens with zero attached hydrogens (tertiary/aromatic N) is 2. The van der Waals surface area contributed by atoms with Crippen LogP contribution in [-0.2, 0) is 24.6 Å². The predicted octanol–water partition coefficient (Wildman–Crippen LogP) is 2.64. The fraction of sp³-hybridized carbons (Fsp3) is 1.00. The molecule has 0 aromatic heterocycles. The molecule has 0 aliphatic carbocycles. The lowest BCUT2D eigenvalue weighted by atomic mass is 10.1. The molecule has 0 aliphatic heterocycles. The van der Waals surface area contributed by atoms with Crippen LogP contribution in [0.5, 0.6) is 0 Å². The van der Waals surface area contributed by atoms with Gasteiger partial charge in [-0.25, -0.2) is 16.8 Å². The Morgan fingerprint density at radius 2 is 1.27 bits per heavy atom. The zero-order valence-corrected chi connectivity index (χ0v) is 19.7. The Labute approximate surface area is 185 Å². The third-order valence-corrected chi connectivity index (χ3v) is 6.18. The highest BCUT2D eigenvalue weighted by molar-refractivity contribution is 7.90. The standard InChI is InChI=1S/C12H20F9N2O2S.C2H6O4S/c1-5-22(7-6-8-23(2,3)4)26(24,25)12(20,21)10(15,16)9(13,14)11(17,18)19;1-2-6-7(3,4)5/h5-8H2,1-4H3;2H2,1H3,(H,3,4,5)/q+1;/p-1. The van der Waals surface area contributed by atoms with Gasteiger partial charge in [0.25, 0.3) is 10.0 Å². The molecule has 0 unspecified atom stereocenters. The van der Waals surface area contributed by atoms with E-state index in [0.717, 1.165) is 6.92 Å². The van der Waals surface area contributed by atoms with Crippen molar-refractivity contribution in [3.8, 4) is 0 Å². The number of quaternary nitrogens is 1. The third kappa shape index (κ3) is 9.00. The minimum absolute atomic E-state index is 0.0914. The predicted molar refractivity (Wildman–Crippen MR) is 95.9 cm³/mol. The first-order chi connectivity index (χ1) is 14.2. The lowest BCUT2D eigenvalue weighted by Crippen LogP contribution is -2.65. The number of hydrogen-bond donors (Lipinski definition) is 0. The van der Waals surface area contributed by atoms with Gasteiger partial charge in [0, 0.05) is 19.5 Å². The SMILES string of the molecule is CCN(CCC[N+](C)(C)C)S(=O)(=O)C(F)(F)C(F)(F)C(F)(F)C(F)(F)F.CCOS(=O)(=O)[O-]. The van der Waals surface area contributed by atoms with Crippen LogP contribution in [-0.4, -0.2) is 101 Å². The molecule has 0 radical (unpaired) electrons. The number of alkyl halides is 9. The molecule has 0 aliphatic rings. The van der Waals surface area contributed by atoms with Crippen LogP contribution in [0.2, 0.25) is 0 Å². The minimum Gasteiger partial charge on any atom is -0.726 e. The molecule has 0 amide bonds. The lowest BCUT2D eigenvalue weighted by Gasteiger charge is -2.35. The average Bonchev–Trinajstić information content (AvgIpc) is 2.55. The van der Waals surface area contributed by atoms with E-state index in [4.69, 9.17) is 0 Å². The molecule has 0 spiro atoms. The van der Waals surface area contributed by atoms with Crippen LogP contribution in [0.1, 0.15) is 20.3 Å². The summed E-state index contributed by atoms with van der Waals surface area (Å²) in [5.74, 6) is -14.5. The number of hydrogen-bond acceptors (Lipinski definition) is 6. The molecule has 0 rings (SSSR count). The first-order valence-electron chi connectivity index (χ1n) is 8.83. The quantitative estimate of drug-likeness (QED) is 0.169. The summed E-state index contributed by atoms with van der Waals surface area (Å²) in [6.45, 7) is 0.925. The van der Waals surface area contributed by atoms with Crippen molar-refractivity contribution in [3.05, 3.63) is 0 Å². The molecule has 0 saturated heterocycles. The van der Waals surface area contributed by atoms with E-state index in [2.05, 4.69) is 4.18 Å². The molecule has 0 atom stereocenters. The molecule has 0 heterocycles. The van der Waals surface area contributed by atoms with Gasteiger partial charge in [-0.3, -0.25) is 4.18 Å².